The van der Waals surface area contributed by atoms with Gasteiger partial charge < -0.3 is 10.1 Å². The van der Waals surface area contributed by atoms with Crippen LogP contribution in [0.5, 0.6) is 5.75 Å². The molecule has 0 atom stereocenters. The van der Waals surface area contributed by atoms with Gasteiger partial charge in [-0.3, -0.25) is 4.79 Å². The van der Waals surface area contributed by atoms with Gasteiger partial charge in [0.05, 0.1) is 7.11 Å². The lowest BCUT2D eigenvalue weighted by molar-refractivity contribution is -0.121. The van der Waals surface area contributed by atoms with Crippen LogP contribution in [0, 0.1) is 0 Å². The average molecular weight is 263 g/mol. The quantitative estimate of drug-likeness (QED) is 0.694. The number of amides is 1. The van der Waals surface area contributed by atoms with E-state index >= 15 is 0 Å². The van der Waals surface area contributed by atoms with E-state index in [1.807, 2.05) is 12.1 Å². The Morgan fingerprint density at radius 3 is 2.53 bits per heavy atom. The smallest absolute Gasteiger partial charge is 0.219 e. The van der Waals surface area contributed by atoms with Crippen LogP contribution in [0.4, 0.5) is 0 Å². The van der Waals surface area contributed by atoms with E-state index in [0.29, 0.717) is 6.42 Å². The molecule has 0 aliphatic heterocycles. The molecule has 0 fully saturated rings. The number of benzene rings is 1. The minimum atomic E-state index is 0.186. The summed E-state index contributed by atoms with van der Waals surface area (Å²) in [5.74, 6) is 1.08. The first-order chi connectivity index (χ1) is 9.26. The molecule has 1 aromatic carbocycles. The zero-order valence-corrected chi connectivity index (χ0v) is 12.1. The largest absolute Gasteiger partial charge is 0.497 e. The minimum absolute atomic E-state index is 0.186. The average Bonchev–Trinajstić information content (AvgIpc) is 2.45. The molecule has 1 rings (SSSR count). The van der Waals surface area contributed by atoms with E-state index in [1.54, 1.807) is 7.11 Å². The first-order valence-electron chi connectivity index (χ1n) is 7.16. The van der Waals surface area contributed by atoms with Gasteiger partial charge in [-0.25, -0.2) is 0 Å². The van der Waals surface area contributed by atoms with Crippen LogP contribution in [-0.4, -0.2) is 19.6 Å². The van der Waals surface area contributed by atoms with Gasteiger partial charge in [-0.1, -0.05) is 25.5 Å². The van der Waals surface area contributed by atoms with Crippen LogP contribution in [0.15, 0.2) is 24.3 Å². The summed E-state index contributed by atoms with van der Waals surface area (Å²) < 4.78 is 5.12. The number of rotatable bonds is 9. The van der Waals surface area contributed by atoms with Crippen LogP contribution in [0.25, 0.3) is 0 Å². The molecule has 0 aliphatic carbocycles. The zero-order valence-electron chi connectivity index (χ0n) is 12.1. The molecule has 1 amide bonds. The summed E-state index contributed by atoms with van der Waals surface area (Å²) in [5.41, 5.74) is 1.32. The maximum Gasteiger partial charge on any atom is 0.219 e. The van der Waals surface area contributed by atoms with E-state index in [1.165, 1.54) is 5.56 Å². The summed E-state index contributed by atoms with van der Waals surface area (Å²) in [5, 5.41) is 2.96. The van der Waals surface area contributed by atoms with Gasteiger partial charge in [-0.2, -0.15) is 0 Å². The topological polar surface area (TPSA) is 38.3 Å². The maximum atomic E-state index is 11.4. The van der Waals surface area contributed by atoms with Crippen molar-refractivity contribution in [3.05, 3.63) is 29.8 Å². The van der Waals surface area contributed by atoms with Crippen LogP contribution in [0.1, 0.15) is 44.6 Å². The summed E-state index contributed by atoms with van der Waals surface area (Å²) in [6.45, 7) is 2.89. The van der Waals surface area contributed by atoms with Gasteiger partial charge >= 0.3 is 0 Å². The second-order valence-electron chi connectivity index (χ2n) is 4.76. The molecule has 1 aromatic rings. The van der Waals surface area contributed by atoms with Gasteiger partial charge in [-0.15, -0.1) is 0 Å². The Bertz CT molecular complexity index is 360. The number of carbonyl (C=O) groups excluding carboxylic acids is 1. The monoisotopic (exact) mass is 263 g/mol. The highest BCUT2D eigenvalue weighted by molar-refractivity contribution is 5.75. The summed E-state index contributed by atoms with van der Waals surface area (Å²) in [6, 6.07) is 8.17. The molecule has 0 aromatic heterocycles. The van der Waals surface area contributed by atoms with E-state index in [2.05, 4.69) is 24.4 Å². The fraction of sp³-hybridized carbons (Fsp3) is 0.562. The van der Waals surface area contributed by atoms with Gasteiger partial charge in [0, 0.05) is 13.0 Å². The Labute approximate surface area is 116 Å². The van der Waals surface area contributed by atoms with Crippen LogP contribution in [0.3, 0.4) is 0 Å². The third-order valence-electron chi connectivity index (χ3n) is 3.13. The first kappa shape index (κ1) is 15.5. The van der Waals surface area contributed by atoms with E-state index in [0.717, 1.165) is 44.4 Å². The fourth-order valence-corrected chi connectivity index (χ4v) is 1.90. The SMILES string of the molecule is CCCCC(=O)NCCCCc1ccc(OC)cc1. The molecule has 19 heavy (non-hydrogen) atoms. The Balaban J connectivity index is 2.08. The standard InChI is InChI=1S/C16H25NO2/c1-3-4-8-16(18)17-13-6-5-7-14-9-11-15(19-2)12-10-14/h9-12H,3-8,13H2,1-2H3,(H,17,18). The van der Waals surface area contributed by atoms with Crippen molar-refractivity contribution < 1.29 is 9.53 Å². The molecule has 0 bridgehead atoms. The number of hydrogen-bond donors (Lipinski definition) is 1. The van der Waals surface area contributed by atoms with Crippen molar-refractivity contribution in [1.82, 2.24) is 5.32 Å². The number of unbranched alkanes of at least 4 members (excludes halogenated alkanes) is 2. The van der Waals surface area contributed by atoms with Gasteiger partial charge in [0.15, 0.2) is 0 Å². The van der Waals surface area contributed by atoms with Gasteiger partial charge in [0.25, 0.3) is 0 Å². The number of aryl methyl sites for hydroxylation is 1. The number of methoxy groups -OCH3 is 1. The van der Waals surface area contributed by atoms with Crippen molar-refractivity contribution >= 4 is 5.91 Å². The molecule has 0 unspecified atom stereocenters. The summed E-state index contributed by atoms with van der Waals surface area (Å²) >= 11 is 0. The second-order valence-corrected chi connectivity index (χ2v) is 4.76. The lowest BCUT2D eigenvalue weighted by Gasteiger charge is -2.05. The van der Waals surface area contributed by atoms with Crippen molar-refractivity contribution in [3.8, 4) is 5.75 Å². The van der Waals surface area contributed by atoms with E-state index < -0.39 is 0 Å². The highest BCUT2D eigenvalue weighted by Crippen LogP contribution is 2.12. The van der Waals surface area contributed by atoms with E-state index in [9.17, 15) is 4.79 Å². The van der Waals surface area contributed by atoms with E-state index in [4.69, 9.17) is 4.74 Å². The lowest BCUT2D eigenvalue weighted by atomic mass is 10.1. The third kappa shape index (κ3) is 6.85. The van der Waals surface area contributed by atoms with Crippen molar-refractivity contribution in [2.75, 3.05) is 13.7 Å². The molecule has 0 aliphatic rings. The fourth-order valence-electron chi connectivity index (χ4n) is 1.90. The zero-order chi connectivity index (χ0) is 13.9. The summed E-state index contributed by atoms with van der Waals surface area (Å²) in [4.78, 5) is 11.4. The van der Waals surface area contributed by atoms with Crippen molar-refractivity contribution in [2.24, 2.45) is 0 Å². The Morgan fingerprint density at radius 1 is 1.16 bits per heavy atom. The highest BCUT2D eigenvalue weighted by Gasteiger charge is 1.99. The molecule has 3 heteroatoms. The molecule has 0 saturated carbocycles. The molecule has 0 heterocycles. The number of hydrogen-bond acceptors (Lipinski definition) is 2. The predicted octanol–water partition coefficient (Wildman–Crippen LogP) is 3.32. The van der Waals surface area contributed by atoms with Crippen LogP contribution < -0.4 is 10.1 Å². The Morgan fingerprint density at radius 2 is 1.89 bits per heavy atom. The normalized spacial score (nSPS) is 10.2. The Hall–Kier alpha value is -1.51. The van der Waals surface area contributed by atoms with Crippen molar-refractivity contribution in [2.45, 2.75) is 45.4 Å². The molecule has 1 N–H and O–H groups in total. The van der Waals surface area contributed by atoms with Crippen molar-refractivity contribution in [3.63, 3.8) is 0 Å². The number of ether oxygens (including phenoxy) is 1. The number of carbonyl (C=O) groups is 1. The lowest BCUT2D eigenvalue weighted by Crippen LogP contribution is -2.23. The van der Waals surface area contributed by atoms with Crippen LogP contribution in [-0.2, 0) is 11.2 Å². The summed E-state index contributed by atoms with van der Waals surface area (Å²) in [7, 11) is 1.68. The van der Waals surface area contributed by atoms with Crippen molar-refractivity contribution in [1.29, 1.82) is 0 Å². The first-order valence-corrected chi connectivity index (χ1v) is 7.16. The molecule has 106 valence electrons. The van der Waals surface area contributed by atoms with Crippen LogP contribution in [0.2, 0.25) is 0 Å². The van der Waals surface area contributed by atoms with Gasteiger partial charge in [0.2, 0.25) is 5.91 Å². The van der Waals surface area contributed by atoms with Gasteiger partial charge in [-0.05, 0) is 43.4 Å². The number of nitrogens with one attached hydrogen (secondary N) is 1. The highest BCUT2D eigenvalue weighted by atomic mass is 16.5. The molecule has 0 spiro atoms. The molecular weight excluding hydrogens is 238 g/mol. The minimum Gasteiger partial charge on any atom is -0.497 e. The van der Waals surface area contributed by atoms with Gasteiger partial charge in [0.1, 0.15) is 5.75 Å². The molecule has 0 radical (unpaired) electrons. The third-order valence-corrected chi connectivity index (χ3v) is 3.13. The molecule has 0 saturated heterocycles. The molecular formula is C16H25NO2. The second kappa shape index (κ2) is 9.42. The Kier molecular flexibility index (Phi) is 7.71. The van der Waals surface area contributed by atoms with Crippen LogP contribution >= 0.6 is 0 Å². The maximum absolute atomic E-state index is 11.4. The summed E-state index contributed by atoms with van der Waals surface area (Å²) in [6.07, 6.45) is 5.90. The molecule has 3 nitrogen and oxygen atoms in total. The predicted molar refractivity (Wildman–Crippen MR) is 78.5 cm³/mol. The van der Waals surface area contributed by atoms with E-state index in [-0.39, 0.29) is 5.91 Å².